The van der Waals surface area contributed by atoms with Crippen LogP contribution in [0.1, 0.15) is 56.8 Å². The molecule has 0 spiro atoms. The summed E-state index contributed by atoms with van der Waals surface area (Å²) in [4.78, 5) is 17.9. The van der Waals surface area contributed by atoms with Crippen molar-refractivity contribution in [3.8, 4) is 0 Å². The van der Waals surface area contributed by atoms with E-state index in [0.717, 1.165) is 35.9 Å². The average molecular weight is 508 g/mol. The second-order valence-electron chi connectivity index (χ2n) is 7.77. The van der Waals surface area contributed by atoms with E-state index >= 15 is 0 Å². The number of thiazole rings is 1. The van der Waals surface area contributed by atoms with E-state index in [1.807, 2.05) is 43.5 Å². The summed E-state index contributed by atoms with van der Waals surface area (Å²) in [5.41, 5.74) is 1.20. The van der Waals surface area contributed by atoms with Gasteiger partial charge in [0, 0.05) is 25.2 Å². The highest BCUT2D eigenvalue weighted by molar-refractivity contribution is 7.89. The van der Waals surface area contributed by atoms with Crippen LogP contribution in [0.25, 0.3) is 10.2 Å². The van der Waals surface area contributed by atoms with Crippen molar-refractivity contribution >= 4 is 49.1 Å². The van der Waals surface area contributed by atoms with Gasteiger partial charge in [0.1, 0.15) is 0 Å². The number of sulfonamides is 1. The minimum atomic E-state index is -3.60. The second-order valence-corrected chi connectivity index (χ2v) is 11.1. The maximum atomic E-state index is 13.1. The topological polar surface area (TPSA) is 71.7 Å². The van der Waals surface area contributed by atoms with E-state index in [-0.39, 0.29) is 4.90 Å². The van der Waals surface area contributed by atoms with Crippen molar-refractivity contribution in [3.05, 3.63) is 57.9 Å². The van der Waals surface area contributed by atoms with Crippen molar-refractivity contribution in [1.82, 2.24) is 8.87 Å². The molecule has 3 aromatic rings. The van der Waals surface area contributed by atoms with Crippen molar-refractivity contribution in [1.29, 1.82) is 0 Å². The summed E-state index contributed by atoms with van der Waals surface area (Å²) < 4.78 is 30.7. The fourth-order valence-corrected chi connectivity index (χ4v) is 6.53. The van der Waals surface area contributed by atoms with E-state index in [4.69, 9.17) is 11.6 Å². The molecular formula is C24H30ClN3O3S2. The van der Waals surface area contributed by atoms with Crippen LogP contribution >= 0.6 is 22.9 Å². The van der Waals surface area contributed by atoms with E-state index in [1.54, 1.807) is 4.31 Å². The van der Waals surface area contributed by atoms with Gasteiger partial charge in [-0.1, -0.05) is 55.7 Å². The molecule has 33 heavy (non-hydrogen) atoms. The third kappa shape index (κ3) is 5.74. The van der Waals surface area contributed by atoms with Gasteiger partial charge in [0.25, 0.3) is 5.91 Å². The standard InChI is InChI=1S/C24H30ClN3O3S2/c1-4-7-16-27(17-8-5-2)33(30,31)19-14-12-18(13-15-19)23(29)26-24-28(6-3)22-20(25)10-9-11-21(22)32-24/h9-15H,4-8,16-17H2,1-3H3. The maximum absolute atomic E-state index is 13.1. The van der Waals surface area contributed by atoms with Gasteiger partial charge in [0.05, 0.1) is 20.1 Å². The Morgan fingerprint density at radius 1 is 1.03 bits per heavy atom. The fraction of sp³-hybridized carbons (Fsp3) is 0.417. The number of amides is 1. The predicted molar refractivity (Wildman–Crippen MR) is 135 cm³/mol. The van der Waals surface area contributed by atoms with Gasteiger partial charge in [0.15, 0.2) is 4.80 Å². The lowest BCUT2D eigenvalue weighted by Gasteiger charge is -2.22. The van der Waals surface area contributed by atoms with Crippen LogP contribution in [-0.4, -0.2) is 36.3 Å². The summed E-state index contributed by atoms with van der Waals surface area (Å²) in [6, 6.07) is 11.7. The highest BCUT2D eigenvalue weighted by Crippen LogP contribution is 2.25. The molecule has 0 N–H and O–H groups in total. The number of hydrogen-bond donors (Lipinski definition) is 0. The maximum Gasteiger partial charge on any atom is 0.279 e. The van der Waals surface area contributed by atoms with Gasteiger partial charge in [0.2, 0.25) is 10.0 Å². The Kier molecular flexibility index (Phi) is 8.87. The molecule has 9 heteroatoms. The number of aryl methyl sites for hydroxylation is 1. The molecule has 6 nitrogen and oxygen atoms in total. The van der Waals surface area contributed by atoms with Crippen molar-refractivity contribution < 1.29 is 13.2 Å². The third-order valence-corrected chi connectivity index (χ3v) is 8.69. The molecule has 1 heterocycles. The number of halogens is 1. The highest BCUT2D eigenvalue weighted by atomic mass is 35.5. The third-order valence-electron chi connectivity index (χ3n) is 5.43. The van der Waals surface area contributed by atoms with E-state index in [0.29, 0.717) is 35.0 Å². The molecule has 0 aliphatic rings. The number of carbonyl (C=O) groups excluding carboxylic acids is 1. The number of rotatable bonds is 10. The molecule has 0 atom stereocenters. The largest absolute Gasteiger partial charge is 0.315 e. The fourth-order valence-electron chi connectivity index (χ4n) is 3.56. The Labute approximate surface area is 204 Å². The van der Waals surface area contributed by atoms with Gasteiger partial charge in [-0.05, 0) is 56.2 Å². The number of carbonyl (C=O) groups is 1. The first-order valence-electron chi connectivity index (χ1n) is 11.3. The molecular weight excluding hydrogens is 478 g/mol. The molecule has 1 amide bonds. The molecule has 1 aromatic heterocycles. The zero-order valence-corrected chi connectivity index (χ0v) is 21.6. The molecule has 0 saturated heterocycles. The summed E-state index contributed by atoms with van der Waals surface area (Å²) in [5.74, 6) is -0.419. The van der Waals surface area contributed by atoms with Crippen molar-refractivity contribution in [2.45, 2.75) is 57.9 Å². The summed E-state index contributed by atoms with van der Waals surface area (Å²) in [6.07, 6.45) is 3.48. The molecule has 2 aromatic carbocycles. The smallest absolute Gasteiger partial charge is 0.279 e. The van der Waals surface area contributed by atoms with Gasteiger partial charge in [-0.15, -0.1) is 0 Å². The van der Waals surface area contributed by atoms with Gasteiger partial charge in [-0.2, -0.15) is 9.30 Å². The van der Waals surface area contributed by atoms with Crippen LogP contribution in [0.4, 0.5) is 0 Å². The molecule has 178 valence electrons. The Balaban J connectivity index is 1.90. The lowest BCUT2D eigenvalue weighted by atomic mass is 10.2. The van der Waals surface area contributed by atoms with Crippen molar-refractivity contribution in [3.63, 3.8) is 0 Å². The van der Waals surface area contributed by atoms with Crippen LogP contribution in [0.15, 0.2) is 52.4 Å². The average Bonchev–Trinajstić information content (AvgIpc) is 3.17. The Morgan fingerprint density at radius 2 is 1.67 bits per heavy atom. The van der Waals surface area contributed by atoms with Crippen LogP contribution < -0.4 is 4.80 Å². The van der Waals surface area contributed by atoms with Crippen LogP contribution in [0.5, 0.6) is 0 Å². The number of aromatic nitrogens is 1. The molecule has 0 aliphatic heterocycles. The molecule has 0 radical (unpaired) electrons. The van der Waals surface area contributed by atoms with E-state index in [2.05, 4.69) is 4.99 Å². The highest BCUT2D eigenvalue weighted by Gasteiger charge is 2.23. The SMILES string of the molecule is CCCCN(CCCC)S(=O)(=O)c1ccc(C(=O)N=c2sc3cccc(Cl)c3n2CC)cc1. The van der Waals surface area contributed by atoms with Gasteiger partial charge >= 0.3 is 0 Å². The van der Waals surface area contributed by atoms with E-state index in [1.165, 1.54) is 35.6 Å². The summed E-state index contributed by atoms with van der Waals surface area (Å²) in [7, 11) is -3.60. The monoisotopic (exact) mass is 507 g/mol. The van der Waals surface area contributed by atoms with Crippen molar-refractivity contribution in [2.75, 3.05) is 13.1 Å². The number of unbranched alkanes of at least 4 members (excludes halogenated alkanes) is 2. The zero-order chi connectivity index (χ0) is 24.0. The first-order valence-corrected chi connectivity index (χ1v) is 13.9. The number of para-hydroxylation sites is 1. The Hall–Kier alpha value is -2.00. The molecule has 0 bridgehead atoms. The Morgan fingerprint density at radius 3 is 2.24 bits per heavy atom. The van der Waals surface area contributed by atoms with E-state index < -0.39 is 15.9 Å². The summed E-state index contributed by atoms with van der Waals surface area (Å²) in [5, 5.41) is 0.616. The molecule has 0 unspecified atom stereocenters. The minimum absolute atomic E-state index is 0.198. The van der Waals surface area contributed by atoms with Gasteiger partial charge in [-0.25, -0.2) is 8.42 Å². The molecule has 0 fully saturated rings. The summed E-state index contributed by atoms with van der Waals surface area (Å²) >= 11 is 7.76. The van der Waals surface area contributed by atoms with Crippen molar-refractivity contribution in [2.24, 2.45) is 4.99 Å². The summed E-state index contributed by atoms with van der Waals surface area (Å²) in [6.45, 7) is 7.68. The Bertz CT molecular complexity index is 1270. The van der Waals surface area contributed by atoms with Gasteiger partial charge in [-0.3, -0.25) is 4.79 Å². The quantitative estimate of drug-likeness (QED) is 0.353. The number of fused-ring (bicyclic) bond motifs is 1. The minimum Gasteiger partial charge on any atom is -0.315 e. The normalized spacial score (nSPS) is 12.7. The second kappa shape index (κ2) is 11.4. The molecule has 0 saturated carbocycles. The molecule has 3 rings (SSSR count). The van der Waals surface area contributed by atoms with E-state index in [9.17, 15) is 13.2 Å². The first kappa shape index (κ1) is 25.6. The van der Waals surface area contributed by atoms with Crippen LogP contribution in [0.2, 0.25) is 5.02 Å². The number of hydrogen-bond acceptors (Lipinski definition) is 4. The van der Waals surface area contributed by atoms with Crippen LogP contribution in [0.3, 0.4) is 0 Å². The lowest BCUT2D eigenvalue weighted by Crippen LogP contribution is -2.33. The number of nitrogens with zero attached hydrogens (tertiary/aromatic N) is 3. The van der Waals surface area contributed by atoms with Crippen LogP contribution in [-0.2, 0) is 16.6 Å². The molecule has 0 aliphatic carbocycles. The van der Waals surface area contributed by atoms with Crippen LogP contribution in [0, 0.1) is 0 Å². The zero-order valence-electron chi connectivity index (χ0n) is 19.3. The first-order chi connectivity index (χ1) is 15.8. The lowest BCUT2D eigenvalue weighted by molar-refractivity contribution is 0.0997. The predicted octanol–water partition coefficient (Wildman–Crippen LogP) is 5.71. The number of benzene rings is 2. The van der Waals surface area contributed by atoms with Gasteiger partial charge < -0.3 is 4.57 Å².